The highest BCUT2D eigenvalue weighted by Gasteiger charge is 2.24. The number of aryl methyl sites for hydroxylation is 1. The van der Waals surface area contributed by atoms with Crippen LogP contribution >= 0.6 is 11.6 Å². The summed E-state index contributed by atoms with van der Waals surface area (Å²) in [5.74, 6) is 0.603. The molecule has 3 heteroatoms. The maximum Gasteiger partial charge on any atom is 0.0509 e. The Bertz CT molecular complexity index is 402. The molecule has 19 heavy (non-hydrogen) atoms. The largest absolute Gasteiger partial charge is 0.381 e. The number of hydrogen-bond acceptors (Lipinski definition) is 2. The van der Waals surface area contributed by atoms with Crippen molar-refractivity contribution in [2.24, 2.45) is 5.92 Å². The van der Waals surface area contributed by atoms with Gasteiger partial charge in [0.05, 0.1) is 6.61 Å². The molecule has 0 bridgehead atoms. The predicted molar refractivity (Wildman–Crippen MR) is 80.9 cm³/mol. The number of hydrogen-bond donors (Lipinski definition) is 1. The van der Waals surface area contributed by atoms with Crippen molar-refractivity contribution >= 4 is 11.6 Å². The molecule has 2 unspecified atom stereocenters. The SMILES string of the molecule is CCNC(Cc1ccc(C)cc1Cl)C1CCCOC1. The van der Waals surface area contributed by atoms with Crippen molar-refractivity contribution in [1.82, 2.24) is 5.32 Å². The summed E-state index contributed by atoms with van der Waals surface area (Å²) in [7, 11) is 0. The van der Waals surface area contributed by atoms with Crippen molar-refractivity contribution in [3.05, 3.63) is 34.3 Å². The van der Waals surface area contributed by atoms with Gasteiger partial charge in [-0.2, -0.15) is 0 Å². The molecule has 2 atom stereocenters. The highest BCUT2D eigenvalue weighted by atomic mass is 35.5. The Morgan fingerprint density at radius 1 is 1.47 bits per heavy atom. The minimum absolute atomic E-state index is 0.463. The molecule has 0 aliphatic carbocycles. The summed E-state index contributed by atoms with van der Waals surface area (Å²) in [4.78, 5) is 0. The number of benzene rings is 1. The van der Waals surface area contributed by atoms with Crippen molar-refractivity contribution in [1.29, 1.82) is 0 Å². The molecule has 1 heterocycles. The number of rotatable bonds is 5. The lowest BCUT2D eigenvalue weighted by Gasteiger charge is -2.31. The molecule has 0 radical (unpaired) electrons. The fraction of sp³-hybridized carbons (Fsp3) is 0.625. The van der Waals surface area contributed by atoms with E-state index < -0.39 is 0 Å². The number of likely N-dealkylation sites (N-methyl/N-ethyl adjacent to an activating group) is 1. The fourth-order valence-electron chi connectivity index (χ4n) is 2.81. The molecule has 1 aliphatic heterocycles. The first-order valence-electron chi connectivity index (χ1n) is 7.27. The Morgan fingerprint density at radius 3 is 2.95 bits per heavy atom. The van der Waals surface area contributed by atoms with Gasteiger partial charge in [0.25, 0.3) is 0 Å². The molecule has 0 amide bonds. The summed E-state index contributed by atoms with van der Waals surface area (Å²) in [6.45, 7) is 7.02. The van der Waals surface area contributed by atoms with Crippen molar-refractivity contribution in [3.63, 3.8) is 0 Å². The van der Waals surface area contributed by atoms with Gasteiger partial charge in [-0.1, -0.05) is 30.7 Å². The van der Waals surface area contributed by atoms with Gasteiger partial charge in [0.15, 0.2) is 0 Å². The molecule has 106 valence electrons. The zero-order valence-electron chi connectivity index (χ0n) is 11.9. The Balaban J connectivity index is 2.06. The normalized spacial score (nSPS) is 21.3. The van der Waals surface area contributed by atoms with E-state index >= 15 is 0 Å². The molecule has 0 spiro atoms. The van der Waals surface area contributed by atoms with Gasteiger partial charge in [-0.15, -0.1) is 0 Å². The first-order valence-corrected chi connectivity index (χ1v) is 7.64. The Kier molecular flexibility index (Phi) is 5.68. The monoisotopic (exact) mass is 281 g/mol. The van der Waals surface area contributed by atoms with Gasteiger partial charge in [-0.25, -0.2) is 0 Å². The van der Waals surface area contributed by atoms with Crippen LogP contribution in [0, 0.1) is 12.8 Å². The maximum absolute atomic E-state index is 6.35. The third-order valence-corrected chi connectivity index (χ3v) is 4.23. The lowest BCUT2D eigenvalue weighted by molar-refractivity contribution is 0.0396. The minimum Gasteiger partial charge on any atom is -0.381 e. The molecule has 0 saturated carbocycles. The predicted octanol–water partition coefficient (Wildman–Crippen LogP) is 3.60. The third-order valence-electron chi connectivity index (χ3n) is 3.88. The van der Waals surface area contributed by atoms with E-state index in [2.05, 4.69) is 37.4 Å². The van der Waals surface area contributed by atoms with Gasteiger partial charge in [0.2, 0.25) is 0 Å². The summed E-state index contributed by atoms with van der Waals surface area (Å²) in [5, 5.41) is 4.49. The highest BCUT2D eigenvalue weighted by molar-refractivity contribution is 6.31. The van der Waals surface area contributed by atoms with Crippen LogP contribution < -0.4 is 5.32 Å². The summed E-state index contributed by atoms with van der Waals surface area (Å²) in [5.41, 5.74) is 2.46. The van der Waals surface area contributed by atoms with E-state index in [-0.39, 0.29) is 0 Å². The van der Waals surface area contributed by atoms with Crippen LogP contribution in [0.1, 0.15) is 30.9 Å². The topological polar surface area (TPSA) is 21.3 Å². The van der Waals surface area contributed by atoms with Crippen LogP contribution in [-0.2, 0) is 11.2 Å². The van der Waals surface area contributed by atoms with Gasteiger partial charge < -0.3 is 10.1 Å². The van der Waals surface area contributed by atoms with Crippen molar-refractivity contribution in [3.8, 4) is 0 Å². The number of halogens is 1. The van der Waals surface area contributed by atoms with Crippen LogP contribution in [0.4, 0.5) is 0 Å². The van der Waals surface area contributed by atoms with Gasteiger partial charge in [-0.05, 0) is 55.8 Å². The van der Waals surface area contributed by atoms with Gasteiger partial charge in [0.1, 0.15) is 0 Å². The van der Waals surface area contributed by atoms with E-state index in [4.69, 9.17) is 16.3 Å². The Morgan fingerprint density at radius 2 is 2.32 bits per heavy atom. The average Bonchev–Trinajstić information content (AvgIpc) is 2.42. The summed E-state index contributed by atoms with van der Waals surface area (Å²) in [6, 6.07) is 6.82. The molecule has 1 aliphatic rings. The molecule has 1 aromatic rings. The van der Waals surface area contributed by atoms with Crippen molar-refractivity contribution in [2.45, 2.75) is 39.2 Å². The standard InChI is InChI=1S/C16H24ClNO/c1-3-18-16(14-5-4-8-19-11-14)10-13-7-6-12(2)9-15(13)17/h6-7,9,14,16,18H,3-5,8,10-11H2,1-2H3. The van der Waals surface area contributed by atoms with E-state index in [9.17, 15) is 0 Å². The smallest absolute Gasteiger partial charge is 0.0509 e. The molecule has 1 saturated heterocycles. The van der Waals surface area contributed by atoms with Crippen molar-refractivity contribution < 1.29 is 4.74 Å². The Labute approximate surface area is 121 Å². The Hall–Kier alpha value is -0.570. The van der Waals surface area contributed by atoms with E-state index in [1.54, 1.807) is 0 Å². The van der Waals surface area contributed by atoms with E-state index in [0.29, 0.717) is 12.0 Å². The fourth-order valence-corrected chi connectivity index (χ4v) is 3.12. The second-order valence-electron chi connectivity index (χ2n) is 5.44. The molecule has 0 aromatic heterocycles. The summed E-state index contributed by atoms with van der Waals surface area (Å²) in [6.07, 6.45) is 3.41. The quantitative estimate of drug-likeness (QED) is 0.890. The van der Waals surface area contributed by atoms with Crippen LogP contribution in [0.15, 0.2) is 18.2 Å². The van der Waals surface area contributed by atoms with E-state index in [0.717, 1.165) is 31.2 Å². The third kappa shape index (κ3) is 4.20. The maximum atomic E-state index is 6.35. The lowest BCUT2D eigenvalue weighted by Crippen LogP contribution is -2.41. The lowest BCUT2D eigenvalue weighted by atomic mass is 9.89. The molecular weight excluding hydrogens is 258 g/mol. The second kappa shape index (κ2) is 7.28. The van der Waals surface area contributed by atoms with Crippen LogP contribution in [0.3, 0.4) is 0 Å². The van der Waals surface area contributed by atoms with E-state index in [1.807, 2.05) is 0 Å². The summed E-state index contributed by atoms with van der Waals surface area (Å²) >= 11 is 6.35. The molecule has 2 nitrogen and oxygen atoms in total. The van der Waals surface area contributed by atoms with Crippen LogP contribution in [-0.4, -0.2) is 25.8 Å². The zero-order chi connectivity index (χ0) is 13.7. The molecule has 1 N–H and O–H groups in total. The zero-order valence-corrected chi connectivity index (χ0v) is 12.7. The first kappa shape index (κ1) is 14.8. The van der Waals surface area contributed by atoms with Crippen LogP contribution in [0.25, 0.3) is 0 Å². The minimum atomic E-state index is 0.463. The summed E-state index contributed by atoms with van der Waals surface area (Å²) < 4.78 is 5.62. The molecular formula is C16H24ClNO. The van der Waals surface area contributed by atoms with E-state index in [1.165, 1.54) is 24.0 Å². The van der Waals surface area contributed by atoms with Crippen LogP contribution in [0.2, 0.25) is 5.02 Å². The van der Waals surface area contributed by atoms with Crippen molar-refractivity contribution in [2.75, 3.05) is 19.8 Å². The first-order chi connectivity index (χ1) is 9.20. The second-order valence-corrected chi connectivity index (χ2v) is 5.85. The molecule has 2 rings (SSSR count). The van der Waals surface area contributed by atoms with Gasteiger partial charge >= 0.3 is 0 Å². The molecule has 1 aromatic carbocycles. The van der Waals surface area contributed by atoms with Gasteiger partial charge in [-0.3, -0.25) is 0 Å². The number of ether oxygens (including phenoxy) is 1. The molecule has 1 fully saturated rings. The average molecular weight is 282 g/mol. The van der Waals surface area contributed by atoms with Crippen LogP contribution in [0.5, 0.6) is 0 Å². The highest BCUT2D eigenvalue weighted by Crippen LogP contribution is 2.24. The number of nitrogens with one attached hydrogen (secondary N) is 1. The van der Waals surface area contributed by atoms with Gasteiger partial charge in [0, 0.05) is 17.7 Å².